The molecule has 2 nitrogen and oxygen atoms in total. The van der Waals surface area contributed by atoms with Gasteiger partial charge in [0.2, 0.25) is 0 Å². The largest absolute Gasteiger partial charge is 0.389 e. The van der Waals surface area contributed by atoms with Crippen molar-refractivity contribution in [3.05, 3.63) is 32.8 Å². The molecule has 2 N–H and O–H groups in total. The van der Waals surface area contributed by atoms with Crippen LogP contribution < -0.4 is 5.32 Å². The van der Waals surface area contributed by atoms with E-state index >= 15 is 0 Å². The molecule has 0 aromatic heterocycles. The van der Waals surface area contributed by atoms with Crippen molar-refractivity contribution >= 4 is 34.8 Å². The van der Waals surface area contributed by atoms with Crippen LogP contribution in [0, 0.1) is 0 Å². The van der Waals surface area contributed by atoms with Crippen LogP contribution in [0.1, 0.15) is 50.6 Å². The molecule has 20 heavy (non-hydrogen) atoms. The van der Waals surface area contributed by atoms with Crippen LogP contribution in [0.2, 0.25) is 15.1 Å². The third-order valence-electron chi connectivity index (χ3n) is 4.05. The molecule has 0 bridgehead atoms. The normalized spacial score (nSPS) is 19.9. The number of hydrogen-bond acceptors (Lipinski definition) is 2. The second-order valence-corrected chi connectivity index (χ2v) is 6.82. The Bertz CT molecular complexity index is 472. The van der Waals surface area contributed by atoms with Gasteiger partial charge in [-0.3, -0.25) is 0 Å². The van der Waals surface area contributed by atoms with Crippen LogP contribution in [0.25, 0.3) is 0 Å². The SMILES string of the molecule is CC(NCC1(O)CCCCC1)c1ccc(Cl)c(Cl)c1Cl. The first-order chi connectivity index (χ1) is 9.43. The third kappa shape index (κ3) is 3.80. The molecule has 112 valence electrons. The number of hydrogen-bond donors (Lipinski definition) is 2. The summed E-state index contributed by atoms with van der Waals surface area (Å²) in [6, 6.07) is 3.64. The quantitative estimate of drug-likeness (QED) is 0.759. The summed E-state index contributed by atoms with van der Waals surface area (Å²) in [6.45, 7) is 2.59. The summed E-state index contributed by atoms with van der Waals surface area (Å²) < 4.78 is 0. The van der Waals surface area contributed by atoms with Gasteiger partial charge in [-0.15, -0.1) is 0 Å². The second-order valence-electron chi connectivity index (χ2n) is 5.65. The summed E-state index contributed by atoms with van der Waals surface area (Å²) in [5.41, 5.74) is 0.315. The lowest BCUT2D eigenvalue weighted by Crippen LogP contribution is -2.42. The Morgan fingerprint density at radius 3 is 2.45 bits per heavy atom. The summed E-state index contributed by atoms with van der Waals surface area (Å²) in [5, 5.41) is 15.2. The predicted molar refractivity (Wildman–Crippen MR) is 85.9 cm³/mol. The number of rotatable bonds is 4. The Hall–Kier alpha value is 0.01000. The summed E-state index contributed by atoms with van der Waals surface area (Å²) in [4.78, 5) is 0. The minimum absolute atomic E-state index is 0.0169. The molecule has 5 heteroatoms. The molecule has 0 saturated heterocycles. The van der Waals surface area contributed by atoms with Gasteiger partial charge in [-0.1, -0.05) is 60.1 Å². The molecule has 1 aliphatic rings. The van der Waals surface area contributed by atoms with Crippen LogP contribution in [-0.4, -0.2) is 17.3 Å². The van der Waals surface area contributed by atoms with Crippen molar-refractivity contribution in [2.45, 2.75) is 50.7 Å². The van der Waals surface area contributed by atoms with Gasteiger partial charge in [0.1, 0.15) is 0 Å². The van der Waals surface area contributed by atoms with Gasteiger partial charge in [0.25, 0.3) is 0 Å². The molecular formula is C15H20Cl3NO. The zero-order valence-electron chi connectivity index (χ0n) is 11.6. The molecule has 1 fully saturated rings. The van der Waals surface area contributed by atoms with Crippen LogP contribution in [-0.2, 0) is 0 Å². The van der Waals surface area contributed by atoms with Gasteiger partial charge in [0, 0.05) is 12.6 Å². The lowest BCUT2D eigenvalue weighted by molar-refractivity contribution is 0.00300. The van der Waals surface area contributed by atoms with E-state index in [0.717, 1.165) is 31.2 Å². The van der Waals surface area contributed by atoms with Crippen LogP contribution in [0.5, 0.6) is 0 Å². The lowest BCUT2D eigenvalue weighted by Gasteiger charge is -2.33. The Kier molecular flexibility index (Phi) is 5.61. The number of halogens is 3. The highest BCUT2D eigenvalue weighted by atomic mass is 35.5. The van der Waals surface area contributed by atoms with E-state index in [2.05, 4.69) is 5.32 Å². The van der Waals surface area contributed by atoms with E-state index in [-0.39, 0.29) is 6.04 Å². The summed E-state index contributed by atoms with van der Waals surface area (Å²) in [6.07, 6.45) is 5.14. The molecule has 1 aromatic carbocycles. The van der Waals surface area contributed by atoms with Gasteiger partial charge < -0.3 is 10.4 Å². The second kappa shape index (κ2) is 6.85. The Balaban J connectivity index is 2.01. The van der Waals surface area contributed by atoms with Gasteiger partial charge in [-0.2, -0.15) is 0 Å². The minimum Gasteiger partial charge on any atom is -0.389 e. The van der Waals surface area contributed by atoms with E-state index in [4.69, 9.17) is 34.8 Å². The van der Waals surface area contributed by atoms with Crippen molar-refractivity contribution in [3.8, 4) is 0 Å². The summed E-state index contributed by atoms with van der Waals surface area (Å²) >= 11 is 18.2. The maximum atomic E-state index is 10.5. The van der Waals surface area contributed by atoms with Gasteiger partial charge in [0.15, 0.2) is 0 Å². The smallest absolute Gasteiger partial charge is 0.0781 e. The summed E-state index contributed by atoms with van der Waals surface area (Å²) in [7, 11) is 0. The van der Waals surface area contributed by atoms with E-state index in [9.17, 15) is 5.11 Å². The van der Waals surface area contributed by atoms with Gasteiger partial charge in [-0.25, -0.2) is 0 Å². The van der Waals surface area contributed by atoms with E-state index in [0.29, 0.717) is 21.6 Å². The molecule has 0 spiro atoms. The molecule has 0 heterocycles. The van der Waals surface area contributed by atoms with E-state index in [1.165, 1.54) is 6.42 Å². The molecular weight excluding hydrogens is 317 g/mol. The highest BCUT2D eigenvalue weighted by Crippen LogP contribution is 2.35. The Labute approximate surface area is 135 Å². The third-order valence-corrected chi connectivity index (χ3v) is 5.36. The maximum Gasteiger partial charge on any atom is 0.0781 e. The van der Waals surface area contributed by atoms with Crippen LogP contribution in [0.4, 0.5) is 0 Å². The van der Waals surface area contributed by atoms with E-state index in [1.807, 2.05) is 13.0 Å². The van der Waals surface area contributed by atoms with Crippen molar-refractivity contribution in [2.24, 2.45) is 0 Å². The fourth-order valence-corrected chi connectivity index (χ4v) is 3.42. The number of aliphatic hydroxyl groups is 1. The molecule has 0 aliphatic heterocycles. The first-order valence-corrected chi connectivity index (χ1v) is 8.15. The van der Waals surface area contributed by atoms with Gasteiger partial charge in [-0.05, 0) is 31.4 Å². The average Bonchev–Trinajstić information content (AvgIpc) is 2.43. The highest BCUT2D eigenvalue weighted by molar-refractivity contribution is 6.48. The van der Waals surface area contributed by atoms with Crippen LogP contribution in [0.15, 0.2) is 12.1 Å². The molecule has 0 radical (unpaired) electrons. The number of benzene rings is 1. The molecule has 2 rings (SSSR count). The van der Waals surface area contributed by atoms with Gasteiger partial charge in [0.05, 0.1) is 20.7 Å². The Morgan fingerprint density at radius 1 is 1.15 bits per heavy atom. The van der Waals surface area contributed by atoms with Crippen molar-refractivity contribution in [1.82, 2.24) is 5.32 Å². The van der Waals surface area contributed by atoms with E-state index < -0.39 is 5.60 Å². The van der Waals surface area contributed by atoms with Crippen LogP contribution >= 0.6 is 34.8 Å². The van der Waals surface area contributed by atoms with Crippen LogP contribution in [0.3, 0.4) is 0 Å². The fraction of sp³-hybridized carbons (Fsp3) is 0.600. The highest BCUT2D eigenvalue weighted by Gasteiger charge is 2.29. The average molecular weight is 337 g/mol. The molecule has 1 saturated carbocycles. The monoisotopic (exact) mass is 335 g/mol. The fourth-order valence-electron chi connectivity index (χ4n) is 2.71. The van der Waals surface area contributed by atoms with Gasteiger partial charge >= 0.3 is 0 Å². The van der Waals surface area contributed by atoms with Crippen molar-refractivity contribution in [2.75, 3.05) is 6.54 Å². The molecule has 0 amide bonds. The topological polar surface area (TPSA) is 32.3 Å². The molecule has 1 unspecified atom stereocenters. The van der Waals surface area contributed by atoms with Crippen molar-refractivity contribution in [1.29, 1.82) is 0 Å². The van der Waals surface area contributed by atoms with E-state index in [1.54, 1.807) is 6.07 Å². The maximum absolute atomic E-state index is 10.5. The number of nitrogens with one attached hydrogen (secondary N) is 1. The molecule has 1 atom stereocenters. The lowest BCUT2D eigenvalue weighted by atomic mass is 9.84. The predicted octanol–water partition coefficient (Wildman–Crippen LogP) is 4.99. The zero-order chi connectivity index (χ0) is 14.8. The first-order valence-electron chi connectivity index (χ1n) is 7.02. The zero-order valence-corrected chi connectivity index (χ0v) is 13.8. The standard InChI is InChI=1S/C15H20Cl3NO/c1-10(11-5-6-12(16)14(18)13(11)17)19-9-15(20)7-3-2-4-8-15/h5-6,10,19-20H,2-4,7-9H2,1H3. The van der Waals surface area contributed by atoms with Crippen molar-refractivity contribution in [3.63, 3.8) is 0 Å². The Morgan fingerprint density at radius 2 is 1.80 bits per heavy atom. The molecule has 1 aromatic rings. The minimum atomic E-state index is -0.588. The van der Waals surface area contributed by atoms with Crippen molar-refractivity contribution < 1.29 is 5.11 Å². The first kappa shape index (κ1) is 16.4. The summed E-state index contributed by atoms with van der Waals surface area (Å²) in [5.74, 6) is 0. The molecule has 1 aliphatic carbocycles.